The molecule has 2 amide bonds. The Labute approximate surface area is 245 Å². The van der Waals surface area contributed by atoms with Crippen LogP contribution >= 0.6 is 22.9 Å². The van der Waals surface area contributed by atoms with Crippen molar-refractivity contribution < 1.29 is 14.3 Å². The van der Waals surface area contributed by atoms with Crippen LogP contribution in [0.3, 0.4) is 0 Å². The van der Waals surface area contributed by atoms with E-state index in [1.807, 2.05) is 42.5 Å². The van der Waals surface area contributed by atoms with Crippen LogP contribution in [0.15, 0.2) is 48.5 Å². The number of carbonyl (C=O) groups excluding carboxylic acids is 2. The summed E-state index contributed by atoms with van der Waals surface area (Å²) >= 11 is 8.02. The zero-order valence-electron chi connectivity index (χ0n) is 23.5. The SMILES string of the molecule is CC(C)C[C@H](NC(=O)c1cc2ccccc2s1)C(=O)N[C@H]1CCN(Cc2ccc(OC3CCN(C)C3)c(Cl)c2)C1. The van der Waals surface area contributed by atoms with Gasteiger partial charge in [0.2, 0.25) is 5.91 Å². The number of rotatable bonds is 10. The summed E-state index contributed by atoms with van der Waals surface area (Å²) in [6.07, 6.45) is 2.66. The lowest BCUT2D eigenvalue weighted by Crippen LogP contribution is -2.50. The smallest absolute Gasteiger partial charge is 0.262 e. The van der Waals surface area contributed by atoms with Crippen LogP contribution in [-0.4, -0.2) is 73.0 Å². The largest absolute Gasteiger partial charge is 0.487 e. The van der Waals surface area contributed by atoms with E-state index in [9.17, 15) is 9.59 Å². The van der Waals surface area contributed by atoms with Gasteiger partial charge in [-0.05, 0) is 67.4 Å². The van der Waals surface area contributed by atoms with Crippen molar-refractivity contribution in [2.75, 3.05) is 33.2 Å². The lowest BCUT2D eigenvalue weighted by atomic mass is 10.0. The Balaban J connectivity index is 1.14. The van der Waals surface area contributed by atoms with Crippen molar-refractivity contribution in [2.24, 2.45) is 5.92 Å². The second-order valence-corrected chi connectivity index (χ2v) is 13.1. The number of amides is 2. The highest BCUT2D eigenvalue weighted by Crippen LogP contribution is 2.29. The Morgan fingerprint density at radius 2 is 1.93 bits per heavy atom. The van der Waals surface area contributed by atoms with Gasteiger partial charge in [0.1, 0.15) is 17.9 Å². The Kier molecular flexibility index (Phi) is 9.31. The number of likely N-dealkylation sites (tertiary alicyclic amines) is 2. The van der Waals surface area contributed by atoms with E-state index in [2.05, 4.69) is 47.4 Å². The van der Waals surface area contributed by atoms with E-state index in [0.29, 0.717) is 16.3 Å². The molecule has 2 saturated heterocycles. The summed E-state index contributed by atoms with van der Waals surface area (Å²) in [5.74, 6) is 0.701. The van der Waals surface area contributed by atoms with Gasteiger partial charge in [-0.3, -0.25) is 14.5 Å². The van der Waals surface area contributed by atoms with Crippen LogP contribution in [0.2, 0.25) is 5.02 Å². The first kappa shape index (κ1) is 28.9. The van der Waals surface area contributed by atoms with Crippen LogP contribution in [0.25, 0.3) is 10.1 Å². The first-order valence-corrected chi connectivity index (χ1v) is 15.4. The van der Waals surface area contributed by atoms with E-state index in [0.717, 1.165) is 67.0 Å². The molecule has 2 N–H and O–H groups in total. The number of nitrogens with one attached hydrogen (secondary N) is 2. The van der Waals surface area contributed by atoms with Gasteiger partial charge in [0.15, 0.2) is 0 Å². The first-order chi connectivity index (χ1) is 19.2. The maximum absolute atomic E-state index is 13.3. The molecule has 2 aliphatic rings. The minimum Gasteiger partial charge on any atom is -0.487 e. The molecule has 214 valence electrons. The molecule has 1 aromatic heterocycles. The molecule has 3 atom stereocenters. The molecule has 5 rings (SSSR count). The molecule has 2 aromatic carbocycles. The van der Waals surface area contributed by atoms with Crippen LogP contribution in [-0.2, 0) is 11.3 Å². The van der Waals surface area contributed by atoms with Crippen LogP contribution in [0.1, 0.15) is 48.3 Å². The minimum absolute atomic E-state index is 0.0424. The third kappa shape index (κ3) is 7.35. The van der Waals surface area contributed by atoms with Crippen LogP contribution in [0.5, 0.6) is 5.75 Å². The second-order valence-electron chi connectivity index (χ2n) is 11.6. The fraction of sp³-hybridized carbons (Fsp3) is 0.484. The molecule has 2 aliphatic heterocycles. The highest BCUT2D eigenvalue weighted by atomic mass is 35.5. The van der Waals surface area contributed by atoms with Gasteiger partial charge in [0.25, 0.3) is 5.91 Å². The normalized spacial score (nSPS) is 20.7. The molecule has 3 heterocycles. The van der Waals surface area contributed by atoms with E-state index in [1.54, 1.807) is 0 Å². The van der Waals surface area contributed by atoms with Crippen molar-refractivity contribution in [1.29, 1.82) is 0 Å². The van der Waals surface area contributed by atoms with Crippen LogP contribution in [0.4, 0.5) is 0 Å². The maximum Gasteiger partial charge on any atom is 0.262 e. The molecule has 0 bridgehead atoms. The molecule has 0 aliphatic carbocycles. The quantitative estimate of drug-likeness (QED) is 0.345. The van der Waals surface area contributed by atoms with Gasteiger partial charge in [-0.25, -0.2) is 0 Å². The minimum atomic E-state index is -0.572. The van der Waals surface area contributed by atoms with Gasteiger partial charge in [0.05, 0.1) is 9.90 Å². The number of hydrogen-bond acceptors (Lipinski definition) is 6. The lowest BCUT2D eigenvalue weighted by Gasteiger charge is -2.23. The number of fused-ring (bicyclic) bond motifs is 1. The number of carbonyl (C=O) groups is 2. The summed E-state index contributed by atoms with van der Waals surface area (Å²) in [7, 11) is 2.10. The summed E-state index contributed by atoms with van der Waals surface area (Å²) in [6.45, 7) is 8.51. The summed E-state index contributed by atoms with van der Waals surface area (Å²) < 4.78 is 7.18. The van der Waals surface area contributed by atoms with Gasteiger partial charge in [-0.2, -0.15) is 0 Å². The van der Waals surface area contributed by atoms with E-state index in [1.165, 1.54) is 11.3 Å². The number of hydrogen-bond donors (Lipinski definition) is 2. The van der Waals surface area contributed by atoms with Gasteiger partial charge in [-0.1, -0.05) is 49.7 Å². The molecule has 0 spiro atoms. The number of thiophene rings is 1. The van der Waals surface area contributed by atoms with Gasteiger partial charge >= 0.3 is 0 Å². The Morgan fingerprint density at radius 1 is 1.10 bits per heavy atom. The molecule has 40 heavy (non-hydrogen) atoms. The van der Waals surface area contributed by atoms with E-state index < -0.39 is 6.04 Å². The standard InChI is InChI=1S/C31H39ClN4O3S/c1-20(2)14-26(34-31(38)29-16-22-6-4-5-7-28(22)40-29)30(37)33-23-10-13-36(18-23)17-21-8-9-27(25(32)15-21)39-24-11-12-35(3)19-24/h4-9,15-16,20,23-24,26H,10-14,17-19H2,1-3H3,(H,33,37)(H,34,38)/t23-,24?,26-/m0/s1. The zero-order chi connectivity index (χ0) is 28.2. The number of ether oxygens (including phenoxy) is 1. The first-order valence-electron chi connectivity index (χ1n) is 14.2. The number of nitrogens with zero attached hydrogens (tertiary/aromatic N) is 2. The molecular formula is C31H39ClN4O3S. The van der Waals surface area contributed by atoms with Crippen molar-refractivity contribution >= 4 is 44.8 Å². The average molecular weight is 583 g/mol. The molecule has 7 nitrogen and oxygen atoms in total. The molecular weight excluding hydrogens is 544 g/mol. The molecule has 1 unspecified atom stereocenters. The third-order valence-corrected chi connectivity index (χ3v) is 9.05. The Morgan fingerprint density at radius 3 is 2.65 bits per heavy atom. The van der Waals surface area contributed by atoms with Crippen LogP contribution in [0, 0.1) is 5.92 Å². The third-order valence-electron chi connectivity index (χ3n) is 7.64. The molecule has 0 saturated carbocycles. The van der Waals surface area contributed by atoms with Crippen molar-refractivity contribution in [3.63, 3.8) is 0 Å². The summed E-state index contributed by atoms with van der Waals surface area (Å²) in [5.41, 5.74) is 1.13. The highest BCUT2D eigenvalue weighted by molar-refractivity contribution is 7.20. The van der Waals surface area contributed by atoms with E-state index >= 15 is 0 Å². The Bertz CT molecular complexity index is 1310. The van der Waals surface area contributed by atoms with Crippen LogP contribution < -0.4 is 15.4 Å². The van der Waals surface area contributed by atoms with E-state index in [-0.39, 0.29) is 29.9 Å². The van der Waals surface area contributed by atoms with Gasteiger partial charge in [0, 0.05) is 43.5 Å². The van der Waals surface area contributed by atoms with Crippen molar-refractivity contribution in [1.82, 2.24) is 20.4 Å². The molecule has 0 radical (unpaired) electrons. The fourth-order valence-corrected chi connectivity index (χ4v) is 6.80. The molecule has 9 heteroatoms. The number of benzene rings is 2. The molecule has 2 fully saturated rings. The number of likely N-dealkylation sites (N-methyl/N-ethyl adjacent to an activating group) is 1. The maximum atomic E-state index is 13.3. The molecule has 3 aromatic rings. The number of halogens is 1. The van der Waals surface area contributed by atoms with E-state index in [4.69, 9.17) is 16.3 Å². The summed E-state index contributed by atoms with van der Waals surface area (Å²) in [5, 5.41) is 7.89. The van der Waals surface area contributed by atoms with Crippen molar-refractivity contribution in [3.05, 3.63) is 64.0 Å². The van der Waals surface area contributed by atoms with Gasteiger partial charge < -0.3 is 20.3 Å². The Hall–Kier alpha value is -2.65. The topological polar surface area (TPSA) is 73.9 Å². The van der Waals surface area contributed by atoms with Gasteiger partial charge in [-0.15, -0.1) is 11.3 Å². The lowest BCUT2D eigenvalue weighted by molar-refractivity contribution is -0.124. The van der Waals surface area contributed by atoms with Crippen molar-refractivity contribution in [2.45, 2.75) is 57.8 Å². The predicted molar refractivity (Wildman–Crippen MR) is 162 cm³/mol. The summed E-state index contributed by atoms with van der Waals surface area (Å²) in [6, 6.07) is 15.3. The average Bonchev–Trinajstić information content (AvgIpc) is 3.65. The predicted octanol–water partition coefficient (Wildman–Crippen LogP) is 5.17. The van der Waals surface area contributed by atoms with Crippen molar-refractivity contribution in [3.8, 4) is 5.75 Å². The summed E-state index contributed by atoms with van der Waals surface area (Å²) in [4.78, 5) is 31.6. The second kappa shape index (κ2) is 12.9. The zero-order valence-corrected chi connectivity index (χ0v) is 25.1. The monoisotopic (exact) mass is 582 g/mol. The highest BCUT2D eigenvalue weighted by Gasteiger charge is 2.29. The fourth-order valence-electron chi connectivity index (χ4n) is 5.59.